The third-order valence-corrected chi connectivity index (χ3v) is 8.40. The zero-order chi connectivity index (χ0) is 21.7. The second-order valence-corrected chi connectivity index (χ2v) is 10.6. The molecule has 4 aliphatic carbocycles. The molecule has 8 nitrogen and oxygen atoms in total. The van der Waals surface area contributed by atoms with E-state index in [0.29, 0.717) is 0 Å². The lowest BCUT2D eigenvalue weighted by molar-refractivity contribution is -0.131. The van der Waals surface area contributed by atoms with Gasteiger partial charge in [-0.15, -0.1) is 0 Å². The van der Waals surface area contributed by atoms with Gasteiger partial charge in [0.1, 0.15) is 0 Å². The van der Waals surface area contributed by atoms with Gasteiger partial charge in [0.15, 0.2) is 0 Å². The van der Waals surface area contributed by atoms with Gasteiger partial charge in [-0.3, -0.25) is 9.69 Å². The van der Waals surface area contributed by atoms with E-state index < -0.39 is 0 Å². The number of nitrogens with zero attached hydrogens (tertiary/aromatic N) is 6. The van der Waals surface area contributed by atoms with Crippen LogP contribution in [0.4, 0.5) is 5.95 Å². The van der Waals surface area contributed by atoms with Crippen LogP contribution in [0.25, 0.3) is 5.69 Å². The SMILES string of the molecule is CC(C(=O)NC12CC3CC(CC(C3)C1)C2)N1CCN(c2nnnn2-c2ccccc2)CC1. The Morgan fingerprint density at radius 2 is 1.62 bits per heavy atom. The van der Waals surface area contributed by atoms with Crippen molar-refractivity contribution in [2.24, 2.45) is 17.8 Å². The Morgan fingerprint density at radius 3 is 2.25 bits per heavy atom. The molecule has 0 spiro atoms. The summed E-state index contributed by atoms with van der Waals surface area (Å²) in [7, 11) is 0. The van der Waals surface area contributed by atoms with Crippen LogP contribution in [-0.2, 0) is 4.79 Å². The number of tetrazole rings is 1. The van der Waals surface area contributed by atoms with Crippen molar-refractivity contribution in [1.29, 1.82) is 0 Å². The van der Waals surface area contributed by atoms with Crippen LogP contribution < -0.4 is 10.2 Å². The van der Waals surface area contributed by atoms with Crippen LogP contribution >= 0.6 is 0 Å². The molecule has 0 radical (unpaired) electrons. The standard InChI is InChI=1S/C24H33N7O/c1-17(22(32)25-24-14-18-11-19(15-24)13-20(12-18)16-24)29-7-9-30(10-8-29)23-26-27-28-31(23)21-5-3-2-4-6-21/h2-6,17-20H,7-16H2,1H3,(H,25,32). The first-order valence-electron chi connectivity index (χ1n) is 12.2. The third-order valence-electron chi connectivity index (χ3n) is 8.40. The zero-order valence-corrected chi connectivity index (χ0v) is 18.9. The lowest BCUT2D eigenvalue weighted by atomic mass is 9.53. The number of para-hydroxylation sites is 1. The molecular formula is C24H33N7O. The zero-order valence-electron chi connectivity index (χ0n) is 18.9. The van der Waals surface area contributed by atoms with E-state index in [0.717, 1.165) is 55.6 Å². The summed E-state index contributed by atoms with van der Waals surface area (Å²) >= 11 is 0. The summed E-state index contributed by atoms with van der Waals surface area (Å²) in [6, 6.07) is 9.88. The van der Waals surface area contributed by atoms with E-state index in [9.17, 15) is 4.79 Å². The third kappa shape index (κ3) is 3.58. The highest BCUT2D eigenvalue weighted by Crippen LogP contribution is 2.55. The summed E-state index contributed by atoms with van der Waals surface area (Å²) in [5.41, 5.74) is 1.04. The van der Waals surface area contributed by atoms with E-state index in [4.69, 9.17) is 0 Å². The maximum absolute atomic E-state index is 13.3. The van der Waals surface area contributed by atoms with E-state index >= 15 is 0 Å². The van der Waals surface area contributed by atoms with Gasteiger partial charge in [-0.05, 0) is 85.8 Å². The molecule has 8 heteroatoms. The van der Waals surface area contributed by atoms with Gasteiger partial charge in [0.25, 0.3) is 0 Å². The van der Waals surface area contributed by atoms with Crippen LogP contribution in [0, 0.1) is 17.8 Å². The van der Waals surface area contributed by atoms with Crippen molar-refractivity contribution in [3.63, 3.8) is 0 Å². The van der Waals surface area contributed by atoms with Crippen LogP contribution in [0.3, 0.4) is 0 Å². The molecule has 1 aromatic heterocycles. The molecule has 5 fully saturated rings. The molecule has 170 valence electrons. The Balaban J connectivity index is 1.08. The number of rotatable bonds is 5. The summed E-state index contributed by atoms with van der Waals surface area (Å²) in [6.07, 6.45) is 7.80. The van der Waals surface area contributed by atoms with E-state index in [-0.39, 0.29) is 17.5 Å². The quantitative estimate of drug-likeness (QED) is 0.776. The van der Waals surface area contributed by atoms with E-state index in [1.54, 1.807) is 4.68 Å². The van der Waals surface area contributed by atoms with Gasteiger partial charge in [-0.25, -0.2) is 0 Å². The predicted molar refractivity (Wildman–Crippen MR) is 121 cm³/mol. The van der Waals surface area contributed by atoms with E-state index in [1.807, 2.05) is 30.3 Å². The first-order chi connectivity index (χ1) is 15.6. The molecule has 1 N–H and O–H groups in total. The van der Waals surface area contributed by atoms with Crippen LogP contribution in [0.1, 0.15) is 45.4 Å². The molecule has 1 aromatic carbocycles. The molecule has 2 aromatic rings. The molecule has 1 saturated heterocycles. The van der Waals surface area contributed by atoms with Gasteiger partial charge in [0, 0.05) is 31.7 Å². The highest BCUT2D eigenvalue weighted by atomic mass is 16.2. The summed E-state index contributed by atoms with van der Waals surface area (Å²) in [4.78, 5) is 17.8. The van der Waals surface area contributed by atoms with Crippen LogP contribution in [0.5, 0.6) is 0 Å². The van der Waals surface area contributed by atoms with Gasteiger partial charge < -0.3 is 10.2 Å². The summed E-state index contributed by atoms with van der Waals surface area (Å²) in [5.74, 6) is 3.51. The molecule has 4 saturated carbocycles. The number of amides is 1. The number of carbonyl (C=O) groups excluding carboxylic acids is 1. The number of carbonyl (C=O) groups is 1. The molecule has 1 aliphatic heterocycles. The molecule has 5 aliphatic rings. The highest BCUT2D eigenvalue weighted by Gasteiger charge is 2.51. The molecule has 2 heterocycles. The van der Waals surface area contributed by atoms with E-state index in [2.05, 4.69) is 37.6 Å². The smallest absolute Gasteiger partial charge is 0.250 e. The second-order valence-electron chi connectivity index (χ2n) is 10.6. The average molecular weight is 436 g/mol. The highest BCUT2D eigenvalue weighted by molar-refractivity contribution is 5.82. The lowest BCUT2D eigenvalue weighted by Gasteiger charge is -2.57. The Labute approximate surface area is 189 Å². The molecule has 4 bridgehead atoms. The van der Waals surface area contributed by atoms with Crippen molar-refractivity contribution in [1.82, 2.24) is 30.4 Å². The number of aromatic nitrogens is 4. The average Bonchev–Trinajstić information content (AvgIpc) is 3.28. The van der Waals surface area contributed by atoms with Crippen molar-refractivity contribution in [2.75, 3.05) is 31.1 Å². The maximum Gasteiger partial charge on any atom is 0.250 e. The van der Waals surface area contributed by atoms with Gasteiger partial charge >= 0.3 is 0 Å². The monoisotopic (exact) mass is 435 g/mol. The number of piperazine rings is 1. The lowest BCUT2D eigenvalue weighted by Crippen LogP contribution is -2.63. The minimum Gasteiger partial charge on any atom is -0.349 e. The largest absolute Gasteiger partial charge is 0.349 e. The van der Waals surface area contributed by atoms with Crippen molar-refractivity contribution in [3.05, 3.63) is 30.3 Å². The fraction of sp³-hybridized carbons (Fsp3) is 0.667. The number of anilines is 1. The normalized spacial score (nSPS) is 32.8. The Bertz CT molecular complexity index is 930. The number of hydrogen-bond acceptors (Lipinski definition) is 6. The van der Waals surface area contributed by atoms with Gasteiger partial charge in [0.2, 0.25) is 11.9 Å². The second kappa shape index (κ2) is 7.83. The molecule has 7 rings (SSSR count). The summed E-state index contributed by atoms with van der Waals surface area (Å²) < 4.78 is 1.79. The van der Waals surface area contributed by atoms with Crippen LogP contribution in [0.15, 0.2) is 30.3 Å². The fourth-order valence-corrected chi connectivity index (χ4v) is 7.22. The topological polar surface area (TPSA) is 79.2 Å². The Morgan fingerprint density at radius 1 is 1.00 bits per heavy atom. The van der Waals surface area contributed by atoms with Crippen molar-refractivity contribution in [2.45, 2.75) is 57.0 Å². The molecular weight excluding hydrogens is 402 g/mol. The minimum atomic E-state index is -0.102. The predicted octanol–water partition coefficient (Wildman–Crippen LogP) is 2.26. The first-order valence-corrected chi connectivity index (χ1v) is 12.2. The number of hydrogen-bond donors (Lipinski definition) is 1. The van der Waals surface area contributed by atoms with Crippen molar-refractivity contribution < 1.29 is 4.79 Å². The maximum atomic E-state index is 13.3. The molecule has 1 unspecified atom stereocenters. The molecule has 1 amide bonds. The molecule has 1 atom stereocenters. The Hall–Kier alpha value is -2.48. The van der Waals surface area contributed by atoms with Crippen LogP contribution in [-0.4, -0.2) is 68.8 Å². The van der Waals surface area contributed by atoms with E-state index in [1.165, 1.54) is 38.5 Å². The summed E-state index contributed by atoms with van der Waals surface area (Å²) in [5, 5.41) is 15.9. The summed E-state index contributed by atoms with van der Waals surface area (Å²) in [6.45, 7) is 5.35. The van der Waals surface area contributed by atoms with Gasteiger partial charge in [0.05, 0.1) is 11.7 Å². The fourth-order valence-electron chi connectivity index (χ4n) is 7.22. The Kier molecular flexibility index (Phi) is 4.93. The molecule has 32 heavy (non-hydrogen) atoms. The van der Waals surface area contributed by atoms with Crippen molar-refractivity contribution >= 4 is 11.9 Å². The van der Waals surface area contributed by atoms with Gasteiger partial charge in [-0.2, -0.15) is 4.68 Å². The minimum absolute atomic E-state index is 0.0830. The number of benzene rings is 1. The number of nitrogens with one attached hydrogen (secondary N) is 1. The first kappa shape index (κ1) is 20.1. The van der Waals surface area contributed by atoms with Crippen LogP contribution in [0.2, 0.25) is 0 Å². The van der Waals surface area contributed by atoms with Gasteiger partial charge in [-0.1, -0.05) is 23.3 Å². The van der Waals surface area contributed by atoms with Crippen molar-refractivity contribution in [3.8, 4) is 5.69 Å².